The molecule has 0 radical (unpaired) electrons. The van der Waals surface area contributed by atoms with E-state index in [1.54, 1.807) is 19.1 Å². The number of nitro groups is 1. The van der Waals surface area contributed by atoms with Crippen LogP contribution in [-0.2, 0) is 4.79 Å². The van der Waals surface area contributed by atoms with Gasteiger partial charge in [0.25, 0.3) is 5.69 Å². The van der Waals surface area contributed by atoms with E-state index in [2.05, 4.69) is 5.32 Å². The molecular formula is C13H19N3O3. The molecular weight excluding hydrogens is 246 g/mol. The van der Waals surface area contributed by atoms with Gasteiger partial charge in [0.05, 0.1) is 11.0 Å². The lowest BCUT2D eigenvalue weighted by atomic mass is 10.0. The van der Waals surface area contributed by atoms with Crippen LogP contribution in [0, 0.1) is 23.0 Å². The summed E-state index contributed by atoms with van der Waals surface area (Å²) < 4.78 is 0. The lowest BCUT2D eigenvalue weighted by Crippen LogP contribution is -2.36. The molecule has 0 saturated heterocycles. The molecule has 0 aliphatic rings. The maximum absolute atomic E-state index is 11.9. The average Bonchev–Trinajstić information content (AvgIpc) is 2.27. The molecule has 1 atom stereocenters. The number of hydrogen-bond donors (Lipinski definition) is 2. The lowest BCUT2D eigenvalue weighted by molar-refractivity contribution is -0.383. The number of anilines is 1. The van der Waals surface area contributed by atoms with E-state index < -0.39 is 16.9 Å². The minimum absolute atomic E-state index is 0.129. The third kappa shape index (κ3) is 4.33. The van der Waals surface area contributed by atoms with Gasteiger partial charge in [0.2, 0.25) is 5.91 Å². The van der Waals surface area contributed by atoms with Crippen molar-refractivity contribution >= 4 is 17.3 Å². The van der Waals surface area contributed by atoms with E-state index in [1.165, 1.54) is 6.07 Å². The van der Waals surface area contributed by atoms with Crippen molar-refractivity contribution in [1.82, 2.24) is 0 Å². The molecule has 0 saturated carbocycles. The minimum atomic E-state index is -0.667. The maximum Gasteiger partial charge on any atom is 0.292 e. The van der Waals surface area contributed by atoms with Crippen molar-refractivity contribution in [3.8, 4) is 0 Å². The molecule has 0 aliphatic heterocycles. The predicted molar refractivity (Wildman–Crippen MR) is 73.9 cm³/mol. The highest BCUT2D eigenvalue weighted by Gasteiger charge is 2.20. The van der Waals surface area contributed by atoms with Gasteiger partial charge in [0.15, 0.2) is 0 Å². The summed E-state index contributed by atoms with van der Waals surface area (Å²) in [5, 5.41) is 13.4. The quantitative estimate of drug-likeness (QED) is 0.630. The van der Waals surface area contributed by atoms with Crippen molar-refractivity contribution in [3.63, 3.8) is 0 Å². The van der Waals surface area contributed by atoms with Crippen LogP contribution in [0.25, 0.3) is 0 Å². The molecule has 0 aromatic heterocycles. The number of aryl methyl sites for hydroxylation is 1. The predicted octanol–water partition coefficient (Wildman–Crippen LogP) is 2.22. The molecule has 1 rings (SSSR count). The van der Waals surface area contributed by atoms with Gasteiger partial charge in [-0.1, -0.05) is 19.9 Å². The summed E-state index contributed by atoms with van der Waals surface area (Å²) in [6.07, 6.45) is 0.533. The number of nitrogens with zero attached hydrogens (tertiary/aromatic N) is 1. The van der Waals surface area contributed by atoms with Crippen molar-refractivity contribution in [2.24, 2.45) is 11.7 Å². The second-order valence-electron chi connectivity index (χ2n) is 5.00. The van der Waals surface area contributed by atoms with Gasteiger partial charge >= 0.3 is 0 Å². The molecule has 0 spiro atoms. The molecule has 19 heavy (non-hydrogen) atoms. The largest absolute Gasteiger partial charge is 0.320 e. The molecule has 1 aromatic carbocycles. The molecule has 3 N–H and O–H groups in total. The van der Waals surface area contributed by atoms with Crippen LogP contribution in [0.3, 0.4) is 0 Å². The first-order valence-electron chi connectivity index (χ1n) is 6.12. The van der Waals surface area contributed by atoms with Crippen LogP contribution in [0.15, 0.2) is 18.2 Å². The summed E-state index contributed by atoms with van der Waals surface area (Å²) in [6.45, 7) is 5.72. The van der Waals surface area contributed by atoms with Gasteiger partial charge in [-0.25, -0.2) is 0 Å². The van der Waals surface area contributed by atoms with E-state index in [-0.39, 0.29) is 17.3 Å². The van der Waals surface area contributed by atoms with Crippen LogP contribution < -0.4 is 11.1 Å². The van der Waals surface area contributed by atoms with Crippen molar-refractivity contribution in [2.75, 3.05) is 5.32 Å². The van der Waals surface area contributed by atoms with Gasteiger partial charge in [0, 0.05) is 6.07 Å². The summed E-state index contributed by atoms with van der Waals surface area (Å²) in [4.78, 5) is 22.2. The first-order chi connectivity index (χ1) is 8.81. The Balaban J connectivity index is 2.89. The van der Waals surface area contributed by atoms with E-state index >= 15 is 0 Å². The fourth-order valence-corrected chi connectivity index (χ4v) is 1.75. The maximum atomic E-state index is 11.9. The Kier molecular flexibility index (Phi) is 5.00. The first kappa shape index (κ1) is 15.1. The van der Waals surface area contributed by atoms with E-state index in [4.69, 9.17) is 5.73 Å². The third-order valence-electron chi connectivity index (χ3n) is 2.67. The van der Waals surface area contributed by atoms with Crippen molar-refractivity contribution in [3.05, 3.63) is 33.9 Å². The van der Waals surface area contributed by atoms with Crippen LogP contribution in [0.5, 0.6) is 0 Å². The summed E-state index contributed by atoms with van der Waals surface area (Å²) in [7, 11) is 0. The highest BCUT2D eigenvalue weighted by atomic mass is 16.6. The zero-order valence-corrected chi connectivity index (χ0v) is 11.3. The van der Waals surface area contributed by atoms with Crippen LogP contribution in [0.4, 0.5) is 11.4 Å². The minimum Gasteiger partial charge on any atom is -0.320 e. The Morgan fingerprint density at radius 2 is 2.11 bits per heavy atom. The molecule has 1 unspecified atom stereocenters. The summed E-state index contributed by atoms with van der Waals surface area (Å²) in [6, 6.07) is 3.90. The Morgan fingerprint density at radius 3 is 2.63 bits per heavy atom. The Bertz CT molecular complexity index is 486. The molecule has 6 heteroatoms. The van der Waals surface area contributed by atoms with Gasteiger partial charge in [-0.2, -0.15) is 0 Å². The van der Waals surface area contributed by atoms with E-state index in [9.17, 15) is 14.9 Å². The van der Waals surface area contributed by atoms with Crippen molar-refractivity contribution in [1.29, 1.82) is 0 Å². The molecule has 0 aliphatic carbocycles. The Hall–Kier alpha value is -1.95. The Labute approximate surface area is 112 Å². The first-order valence-corrected chi connectivity index (χ1v) is 6.12. The van der Waals surface area contributed by atoms with Crippen LogP contribution in [0.1, 0.15) is 25.8 Å². The highest BCUT2D eigenvalue weighted by Crippen LogP contribution is 2.25. The summed E-state index contributed by atoms with van der Waals surface area (Å²) >= 11 is 0. The highest BCUT2D eigenvalue weighted by molar-refractivity contribution is 5.96. The topological polar surface area (TPSA) is 98.3 Å². The zero-order valence-electron chi connectivity index (χ0n) is 11.3. The number of nitrogens with two attached hydrogens (primary N) is 1. The molecule has 6 nitrogen and oxygen atoms in total. The molecule has 0 bridgehead atoms. The summed E-state index contributed by atoms with van der Waals surface area (Å²) in [5.41, 5.74) is 6.64. The molecule has 104 valence electrons. The van der Waals surface area contributed by atoms with Gasteiger partial charge < -0.3 is 11.1 Å². The number of nitro benzene ring substituents is 1. The number of nitrogens with one attached hydrogen (secondary N) is 1. The number of rotatable bonds is 5. The van der Waals surface area contributed by atoms with Gasteiger partial charge in [-0.05, 0) is 30.9 Å². The Morgan fingerprint density at radius 1 is 1.47 bits per heavy atom. The monoisotopic (exact) mass is 265 g/mol. The van der Waals surface area contributed by atoms with E-state index in [0.29, 0.717) is 6.42 Å². The lowest BCUT2D eigenvalue weighted by Gasteiger charge is -2.14. The molecule has 0 fully saturated rings. The SMILES string of the molecule is Cc1ccc([N+](=O)[O-])c(NC(=O)C(N)CC(C)C)c1. The zero-order chi connectivity index (χ0) is 14.6. The smallest absolute Gasteiger partial charge is 0.292 e. The molecule has 0 heterocycles. The average molecular weight is 265 g/mol. The van der Waals surface area contributed by atoms with Crippen molar-refractivity contribution in [2.45, 2.75) is 33.2 Å². The molecule has 1 amide bonds. The van der Waals surface area contributed by atoms with E-state index in [1.807, 2.05) is 13.8 Å². The van der Waals surface area contributed by atoms with E-state index in [0.717, 1.165) is 5.56 Å². The number of carbonyl (C=O) groups excluding carboxylic acids is 1. The summed E-state index contributed by atoms with van der Waals surface area (Å²) in [5.74, 6) is -0.115. The number of amides is 1. The van der Waals surface area contributed by atoms with Crippen LogP contribution >= 0.6 is 0 Å². The van der Waals surface area contributed by atoms with Crippen LogP contribution in [0.2, 0.25) is 0 Å². The second kappa shape index (κ2) is 6.29. The number of benzene rings is 1. The van der Waals surface area contributed by atoms with Gasteiger partial charge in [-0.3, -0.25) is 14.9 Å². The third-order valence-corrected chi connectivity index (χ3v) is 2.67. The van der Waals surface area contributed by atoms with Crippen molar-refractivity contribution < 1.29 is 9.72 Å². The van der Waals surface area contributed by atoms with Crippen LogP contribution in [-0.4, -0.2) is 16.9 Å². The number of carbonyl (C=O) groups is 1. The second-order valence-corrected chi connectivity index (χ2v) is 5.00. The number of hydrogen-bond acceptors (Lipinski definition) is 4. The normalized spacial score (nSPS) is 12.3. The standard InChI is InChI=1S/C13H19N3O3/c1-8(2)6-10(14)13(17)15-11-7-9(3)4-5-12(11)16(18)19/h4-5,7-8,10H,6,14H2,1-3H3,(H,15,17). The van der Waals surface area contributed by atoms with Gasteiger partial charge in [-0.15, -0.1) is 0 Å². The fraction of sp³-hybridized carbons (Fsp3) is 0.462. The van der Waals surface area contributed by atoms with Gasteiger partial charge in [0.1, 0.15) is 5.69 Å². The molecule has 1 aromatic rings. The fourth-order valence-electron chi connectivity index (χ4n) is 1.75.